The number of pyridine rings is 1. The molecule has 0 spiro atoms. The Morgan fingerprint density at radius 3 is 2.40 bits per heavy atom. The molecule has 1 aromatic heterocycles. The Hall–Kier alpha value is -0.505. The molecule has 0 fully saturated rings. The number of benzene rings is 1. The first kappa shape index (κ1) is 12.6. The van der Waals surface area contributed by atoms with Crippen molar-refractivity contribution in [3.05, 3.63) is 55.1 Å². The van der Waals surface area contributed by atoms with Gasteiger partial charge >= 0.3 is 0 Å². The molecule has 2 rings (SSSR count). The third-order valence-electron chi connectivity index (χ3n) is 1.95. The van der Waals surface area contributed by atoms with Gasteiger partial charge in [-0.05, 0) is 24.3 Å². The van der Waals surface area contributed by atoms with E-state index < -0.39 is 0 Å². The number of aromatic hydroxyl groups is 1. The zero-order valence-corrected chi connectivity index (χ0v) is 10.1. The molecule has 2 radical (unpaired) electrons. The van der Waals surface area contributed by atoms with E-state index in [1.807, 2.05) is 18.2 Å². The Balaban J connectivity index is 0.00000112. The fourth-order valence-corrected chi connectivity index (χ4v) is 1.29. The van der Waals surface area contributed by atoms with E-state index in [4.69, 9.17) is 6.92 Å². The molecule has 3 heteroatoms. The fraction of sp³-hybridized carbons (Fsp3) is 0. The zero-order valence-electron chi connectivity index (χ0n) is 7.87. The van der Waals surface area contributed by atoms with Gasteiger partial charge in [-0.15, -0.1) is 0 Å². The van der Waals surface area contributed by atoms with Crippen LogP contribution in [-0.4, -0.2) is 10.1 Å². The summed E-state index contributed by atoms with van der Waals surface area (Å²) >= 11 is 0. The van der Waals surface area contributed by atoms with Crippen LogP contribution in [0.4, 0.5) is 0 Å². The normalized spacial score (nSPS) is 9.40. The molecule has 76 valence electrons. The first-order valence-corrected chi connectivity index (χ1v) is 4.28. The molecule has 0 bridgehead atoms. The van der Waals surface area contributed by atoms with Crippen molar-refractivity contribution in [2.24, 2.45) is 0 Å². The average Bonchev–Trinajstić information content (AvgIpc) is 2.18. The van der Waals surface area contributed by atoms with Crippen molar-refractivity contribution >= 4 is 0 Å². The van der Waals surface area contributed by atoms with Crippen molar-refractivity contribution < 1.29 is 45.0 Å². The number of aromatic nitrogens is 1. The van der Waals surface area contributed by atoms with Crippen LogP contribution in [0.15, 0.2) is 42.5 Å². The SMILES string of the molecule is [CH]c1cccc(-c2ccccc2O)n1.[Gd]. The van der Waals surface area contributed by atoms with Gasteiger partial charge in [-0.3, -0.25) is 4.98 Å². The van der Waals surface area contributed by atoms with Crippen molar-refractivity contribution in [1.82, 2.24) is 4.98 Å². The Morgan fingerprint density at radius 2 is 1.73 bits per heavy atom. The van der Waals surface area contributed by atoms with Gasteiger partial charge in [0.15, 0.2) is 0 Å². The van der Waals surface area contributed by atoms with Gasteiger partial charge in [-0.1, -0.05) is 18.2 Å². The third kappa shape index (κ3) is 2.97. The van der Waals surface area contributed by atoms with Gasteiger partial charge in [0, 0.05) is 58.1 Å². The van der Waals surface area contributed by atoms with Crippen LogP contribution in [0.3, 0.4) is 0 Å². The molecule has 15 heavy (non-hydrogen) atoms. The molecule has 1 heterocycles. The predicted molar refractivity (Wildman–Crippen MR) is 54.7 cm³/mol. The van der Waals surface area contributed by atoms with E-state index in [2.05, 4.69) is 4.98 Å². The van der Waals surface area contributed by atoms with E-state index in [0.717, 1.165) is 0 Å². The van der Waals surface area contributed by atoms with Crippen LogP contribution in [0.2, 0.25) is 0 Å². The minimum absolute atomic E-state index is 0. The average molecular weight is 340 g/mol. The monoisotopic (exact) mass is 341 g/mol. The summed E-state index contributed by atoms with van der Waals surface area (Å²) in [5.74, 6) is 0.214. The maximum Gasteiger partial charge on any atom is 0.124 e. The maximum atomic E-state index is 9.57. The smallest absolute Gasteiger partial charge is 0.124 e. The van der Waals surface area contributed by atoms with Crippen molar-refractivity contribution in [3.8, 4) is 17.0 Å². The molecule has 0 atom stereocenters. The number of nitrogens with zero attached hydrogens (tertiary/aromatic N) is 1. The predicted octanol–water partition coefficient (Wildman–Crippen LogP) is 2.51. The molecular weight excluding hydrogens is 331 g/mol. The molecule has 2 nitrogen and oxygen atoms in total. The van der Waals surface area contributed by atoms with Gasteiger partial charge in [0.05, 0.1) is 5.69 Å². The molecule has 1 aromatic carbocycles. The van der Waals surface area contributed by atoms with Gasteiger partial charge < -0.3 is 5.11 Å². The largest absolute Gasteiger partial charge is 0.507 e. The maximum absolute atomic E-state index is 9.57. The number of phenols is 1. The van der Waals surface area contributed by atoms with E-state index in [9.17, 15) is 5.11 Å². The second-order valence-electron chi connectivity index (χ2n) is 2.96. The van der Waals surface area contributed by atoms with Crippen LogP contribution >= 0.6 is 0 Å². The summed E-state index contributed by atoms with van der Waals surface area (Å²) in [4.78, 5) is 4.12. The van der Waals surface area contributed by atoms with Crippen molar-refractivity contribution in [2.75, 3.05) is 0 Å². The Morgan fingerprint density at radius 1 is 1.00 bits per heavy atom. The van der Waals surface area contributed by atoms with E-state index in [1.165, 1.54) is 0 Å². The van der Waals surface area contributed by atoms with Gasteiger partial charge in [-0.2, -0.15) is 0 Å². The summed E-state index contributed by atoms with van der Waals surface area (Å²) < 4.78 is 0. The minimum Gasteiger partial charge on any atom is -0.507 e. The molecule has 0 aliphatic rings. The zero-order chi connectivity index (χ0) is 9.97. The number of para-hydroxylation sites is 1. The van der Waals surface area contributed by atoms with Crippen LogP contribution in [-0.2, 0) is 0 Å². The summed E-state index contributed by atoms with van der Waals surface area (Å²) in [6, 6.07) is 12.4. The molecular formula is C12H9GdNO. The van der Waals surface area contributed by atoms with Crippen LogP contribution in [0.25, 0.3) is 11.3 Å². The molecule has 2 aromatic rings. The number of rotatable bonds is 1. The van der Waals surface area contributed by atoms with Gasteiger partial charge in [-0.25, -0.2) is 0 Å². The molecule has 1 N–H and O–H groups in total. The fourth-order valence-electron chi connectivity index (χ4n) is 1.29. The molecule has 0 saturated carbocycles. The Kier molecular flexibility index (Phi) is 4.64. The van der Waals surface area contributed by atoms with Gasteiger partial charge in [0.25, 0.3) is 0 Å². The molecule has 0 unspecified atom stereocenters. The molecule has 0 aliphatic carbocycles. The van der Waals surface area contributed by atoms with Crippen LogP contribution in [0, 0.1) is 46.9 Å². The quantitative estimate of drug-likeness (QED) is 0.865. The Labute approximate surface area is 121 Å². The molecule has 0 aliphatic heterocycles. The summed E-state index contributed by atoms with van der Waals surface area (Å²) in [7, 11) is 0. The third-order valence-corrected chi connectivity index (χ3v) is 1.95. The van der Waals surface area contributed by atoms with E-state index in [0.29, 0.717) is 17.0 Å². The topological polar surface area (TPSA) is 33.1 Å². The number of phenolic OH excluding ortho intramolecular Hbond substituents is 1. The van der Waals surface area contributed by atoms with Gasteiger partial charge in [0.2, 0.25) is 0 Å². The number of hydrogen-bond acceptors (Lipinski definition) is 2. The van der Waals surface area contributed by atoms with E-state index in [-0.39, 0.29) is 45.7 Å². The van der Waals surface area contributed by atoms with Gasteiger partial charge in [0.1, 0.15) is 5.75 Å². The van der Waals surface area contributed by atoms with Crippen LogP contribution in [0.5, 0.6) is 5.75 Å². The van der Waals surface area contributed by atoms with Crippen molar-refractivity contribution in [2.45, 2.75) is 0 Å². The second kappa shape index (κ2) is 5.54. The second-order valence-corrected chi connectivity index (χ2v) is 2.96. The standard InChI is InChI=1S/C12H9NO.Gd/c1-9-5-4-7-11(13-9)10-6-2-3-8-12(10)14;/h1-8,14H;. The summed E-state index contributed by atoms with van der Waals surface area (Å²) in [5, 5.41) is 9.57. The number of hydrogen-bond donors (Lipinski definition) is 1. The van der Waals surface area contributed by atoms with Crippen LogP contribution in [0.1, 0.15) is 5.69 Å². The minimum atomic E-state index is 0. The summed E-state index contributed by atoms with van der Waals surface area (Å²) in [6.07, 6.45) is 0. The first-order valence-electron chi connectivity index (χ1n) is 4.28. The summed E-state index contributed by atoms with van der Waals surface area (Å²) in [6.45, 7) is 5.55. The van der Waals surface area contributed by atoms with Crippen molar-refractivity contribution in [1.29, 1.82) is 0 Å². The Bertz CT molecular complexity index is 457. The van der Waals surface area contributed by atoms with E-state index >= 15 is 0 Å². The van der Waals surface area contributed by atoms with E-state index in [1.54, 1.807) is 24.3 Å². The molecule has 0 saturated heterocycles. The van der Waals surface area contributed by atoms with Crippen LogP contribution < -0.4 is 0 Å². The molecule has 0 amide bonds. The summed E-state index contributed by atoms with van der Waals surface area (Å²) in [5.41, 5.74) is 1.83. The first-order chi connectivity index (χ1) is 6.77. The van der Waals surface area contributed by atoms with Crippen molar-refractivity contribution in [3.63, 3.8) is 0 Å².